The van der Waals surface area contributed by atoms with Crippen molar-refractivity contribution in [2.75, 3.05) is 26.2 Å². The summed E-state index contributed by atoms with van der Waals surface area (Å²) in [6, 6.07) is 0.556. The molecule has 1 aliphatic carbocycles. The van der Waals surface area contributed by atoms with Crippen LogP contribution < -0.4 is 11.1 Å². The van der Waals surface area contributed by atoms with Crippen LogP contribution in [0.5, 0.6) is 0 Å². The molecule has 0 bridgehead atoms. The van der Waals surface area contributed by atoms with E-state index in [4.69, 9.17) is 5.73 Å². The molecular formula is C14H27IN4. The average molecular weight is 378 g/mol. The van der Waals surface area contributed by atoms with Crippen molar-refractivity contribution in [3.8, 4) is 0 Å². The molecule has 1 heterocycles. The summed E-state index contributed by atoms with van der Waals surface area (Å²) < 4.78 is 0. The minimum Gasteiger partial charge on any atom is -0.370 e. The van der Waals surface area contributed by atoms with Crippen molar-refractivity contribution >= 4 is 29.9 Å². The number of nitrogens with zero attached hydrogens (tertiary/aromatic N) is 2. The van der Waals surface area contributed by atoms with E-state index in [0.717, 1.165) is 26.2 Å². The first-order valence-corrected chi connectivity index (χ1v) is 7.28. The van der Waals surface area contributed by atoms with Gasteiger partial charge in [0.2, 0.25) is 0 Å². The maximum atomic E-state index is 5.93. The van der Waals surface area contributed by atoms with Gasteiger partial charge in [0.25, 0.3) is 0 Å². The van der Waals surface area contributed by atoms with Crippen LogP contribution >= 0.6 is 24.0 Å². The van der Waals surface area contributed by atoms with Crippen molar-refractivity contribution in [1.82, 2.24) is 10.2 Å². The lowest BCUT2D eigenvalue weighted by molar-refractivity contribution is 0.307. The van der Waals surface area contributed by atoms with Crippen molar-refractivity contribution in [2.24, 2.45) is 10.7 Å². The summed E-state index contributed by atoms with van der Waals surface area (Å²) in [6.45, 7) is 4.03. The molecule has 0 atom stereocenters. The van der Waals surface area contributed by atoms with Crippen molar-refractivity contribution in [3.63, 3.8) is 0 Å². The molecule has 0 spiro atoms. The molecule has 0 amide bonds. The van der Waals surface area contributed by atoms with E-state index in [9.17, 15) is 0 Å². The number of guanidine groups is 1. The second-order valence-corrected chi connectivity index (χ2v) is 5.31. The Morgan fingerprint density at radius 1 is 1.26 bits per heavy atom. The molecule has 2 rings (SSSR count). The molecule has 19 heavy (non-hydrogen) atoms. The zero-order valence-electron chi connectivity index (χ0n) is 11.7. The molecule has 5 heteroatoms. The Balaban J connectivity index is 0.00000180. The SMILES string of the molecule is I.NC(=NCCN1CC=CCC1)NC1CCCCC1. The van der Waals surface area contributed by atoms with Crippen LogP contribution in [0, 0.1) is 0 Å². The van der Waals surface area contributed by atoms with Gasteiger partial charge in [-0.1, -0.05) is 31.4 Å². The first-order valence-electron chi connectivity index (χ1n) is 7.28. The summed E-state index contributed by atoms with van der Waals surface area (Å²) >= 11 is 0. The summed E-state index contributed by atoms with van der Waals surface area (Å²) in [4.78, 5) is 6.84. The summed E-state index contributed by atoms with van der Waals surface area (Å²) in [5, 5.41) is 3.35. The molecular weight excluding hydrogens is 351 g/mol. The largest absolute Gasteiger partial charge is 0.370 e. The van der Waals surface area contributed by atoms with Gasteiger partial charge in [0, 0.05) is 25.7 Å². The standard InChI is InChI=1S/C14H26N4.HI/c15-14(17-13-7-3-1-4-8-13)16-9-12-18-10-5-2-6-11-18;/h2,5,13H,1,3-4,6-12H2,(H3,15,16,17);1H. The molecule has 110 valence electrons. The van der Waals surface area contributed by atoms with E-state index in [1.165, 1.54) is 38.5 Å². The number of halogens is 1. The highest BCUT2D eigenvalue weighted by atomic mass is 127. The van der Waals surface area contributed by atoms with Gasteiger partial charge in [-0.25, -0.2) is 0 Å². The number of hydrogen-bond donors (Lipinski definition) is 2. The second kappa shape index (κ2) is 9.58. The van der Waals surface area contributed by atoms with Crippen LogP contribution in [0.25, 0.3) is 0 Å². The molecule has 0 aromatic rings. The minimum absolute atomic E-state index is 0. The number of rotatable bonds is 4. The van der Waals surface area contributed by atoms with E-state index in [1.807, 2.05) is 0 Å². The zero-order chi connectivity index (χ0) is 12.6. The van der Waals surface area contributed by atoms with Crippen LogP contribution in [0.1, 0.15) is 38.5 Å². The van der Waals surface area contributed by atoms with Gasteiger partial charge >= 0.3 is 0 Å². The molecule has 4 nitrogen and oxygen atoms in total. The molecule has 0 aromatic heterocycles. The van der Waals surface area contributed by atoms with Crippen molar-refractivity contribution < 1.29 is 0 Å². The highest BCUT2D eigenvalue weighted by Crippen LogP contribution is 2.16. The lowest BCUT2D eigenvalue weighted by Crippen LogP contribution is -2.41. The van der Waals surface area contributed by atoms with Crippen molar-refractivity contribution in [2.45, 2.75) is 44.6 Å². The number of nitrogens with two attached hydrogens (primary N) is 1. The molecule has 0 radical (unpaired) electrons. The quantitative estimate of drug-likeness (QED) is 0.341. The van der Waals surface area contributed by atoms with E-state index >= 15 is 0 Å². The normalized spacial score (nSPS) is 22.0. The number of nitrogens with one attached hydrogen (secondary N) is 1. The average Bonchev–Trinajstić information content (AvgIpc) is 2.41. The van der Waals surface area contributed by atoms with Gasteiger partial charge in [-0.3, -0.25) is 9.89 Å². The summed E-state index contributed by atoms with van der Waals surface area (Å²) in [6.07, 6.45) is 12.2. The molecule has 1 aliphatic heterocycles. The maximum Gasteiger partial charge on any atom is 0.188 e. The van der Waals surface area contributed by atoms with E-state index in [0.29, 0.717) is 12.0 Å². The third kappa shape index (κ3) is 6.61. The third-order valence-electron chi connectivity index (χ3n) is 3.80. The van der Waals surface area contributed by atoms with Crippen molar-refractivity contribution in [3.05, 3.63) is 12.2 Å². The van der Waals surface area contributed by atoms with E-state index in [2.05, 4.69) is 27.4 Å². The van der Waals surface area contributed by atoms with Crippen LogP contribution in [0.15, 0.2) is 17.1 Å². The van der Waals surface area contributed by atoms with Gasteiger partial charge in [-0.2, -0.15) is 0 Å². The van der Waals surface area contributed by atoms with Crippen LogP contribution in [0.3, 0.4) is 0 Å². The Kier molecular flexibility index (Phi) is 8.45. The van der Waals surface area contributed by atoms with Crippen LogP contribution in [0.4, 0.5) is 0 Å². The highest BCUT2D eigenvalue weighted by Gasteiger charge is 2.13. The summed E-state index contributed by atoms with van der Waals surface area (Å²) in [5.74, 6) is 0.634. The van der Waals surface area contributed by atoms with E-state index in [-0.39, 0.29) is 24.0 Å². The zero-order valence-corrected chi connectivity index (χ0v) is 14.0. The fraction of sp³-hybridized carbons (Fsp3) is 0.786. The van der Waals surface area contributed by atoms with Gasteiger partial charge in [-0.15, -0.1) is 24.0 Å². The van der Waals surface area contributed by atoms with E-state index in [1.54, 1.807) is 0 Å². The highest BCUT2D eigenvalue weighted by molar-refractivity contribution is 14.0. The Morgan fingerprint density at radius 2 is 2.05 bits per heavy atom. The van der Waals surface area contributed by atoms with Gasteiger partial charge in [0.15, 0.2) is 5.96 Å². The maximum absolute atomic E-state index is 5.93. The first-order chi connectivity index (χ1) is 8.84. The monoisotopic (exact) mass is 378 g/mol. The predicted molar refractivity (Wildman–Crippen MR) is 92.1 cm³/mol. The van der Waals surface area contributed by atoms with Gasteiger partial charge in [-0.05, 0) is 19.3 Å². The van der Waals surface area contributed by atoms with Crippen molar-refractivity contribution in [1.29, 1.82) is 0 Å². The topological polar surface area (TPSA) is 53.6 Å². The van der Waals surface area contributed by atoms with Crippen LogP contribution in [-0.2, 0) is 0 Å². The number of hydrogen-bond acceptors (Lipinski definition) is 2. The van der Waals surface area contributed by atoms with Gasteiger partial charge in [0.05, 0.1) is 6.54 Å². The second-order valence-electron chi connectivity index (χ2n) is 5.31. The minimum atomic E-state index is 0. The Labute approximate surface area is 133 Å². The van der Waals surface area contributed by atoms with Crippen LogP contribution in [0.2, 0.25) is 0 Å². The summed E-state index contributed by atoms with van der Waals surface area (Å²) in [5.41, 5.74) is 5.93. The lowest BCUT2D eigenvalue weighted by Gasteiger charge is -2.24. The van der Waals surface area contributed by atoms with E-state index < -0.39 is 0 Å². The Bertz CT molecular complexity index is 298. The smallest absolute Gasteiger partial charge is 0.188 e. The molecule has 3 N–H and O–H groups in total. The lowest BCUT2D eigenvalue weighted by atomic mass is 9.96. The molecule has 0 saturated heterocycles. The predicted octanol–water partition coefficient (Wildman–Crippen LogP) is 2.10. The molecule has 0 unspecified atom stereocenters. The summed E-state index contributed by atoms with van der Waals surface area (Å²) in [7, 11) is 0. The van der Waals surface area contributed by atoms with Gasteiger partial charge in [0.1, 0.15) is 0 Å². The molecule has 1 fully saturated rings. The van der Waals surface area contributed by atoms with Crippen LogP contribution in [-0.4, -0.2) is 43.1 Å². The first kappa shape index (κ1) is 16.8. The molecule has 0 aromatic carbocycles. The Hall–Kier alpha value is -0.300. The Morgan fingerprint density at radius 3 is 2.74 bits per heavy atom. The molecule has 1 saturated carbocycles. The fourth-order valence-corrected chi connectivity index (χ4v) is 2.71. The fourth-order valence-electron chi connectivity index (χ4n) is 2.71. The van der Waals surface area contributed by atoms with Gasteiger partial charge < -0.3 is 11.1 Å². The third-order valence-corrected chi connectivity index (χ3v) is 3.80. The number of aliphatic imine (C=N–C) groups is 1. The molecule has 2 aliphatic rings.